The first-order valence-corrected chi connectivity index (χ1v) is 7.06. The summed E-state index contributed by atoms with van der Waals surface area (Å²) >= 11 is 0. The maximum Gasteiger partial charge on any atom is 0.334 e. The fraction of sp³-hybridized carbons (Fsp3) is 0.400. The number of hydrogen-bond donors (Lipinski definition) is 0. The summed E-state index contributed by atoms with van der Waals surface area (Å²) in [5, 5.41) is 0. The monoisotopic (exact) mass is 304 g/mol. The lowest BCUT2D eigenvalue weighted by Crippen LogP contribution is -2.44. The van der Waals surface area contributed by atoms with Crippen LogP contribution in [0.15, 0.2) is 24.3 Å². The third kappa shape index (κ3) is 2.28. The van der Waals surface area contributed by atoms with E-state index in [1.165, 1.54) is 0 Å². The number of ether oxygens (including phenoxy) is 2. The Morgan fingerprint density at radius 2 is 1.82 bits per heavy atom. The molecule has 7 heteroatoms. The summed E-state index contributed by atoms with van der Waals surface area (Å²) in [5.74, 6) is -0.430. The molecule has 3 rings (SSSR count). The zero-order chi connectivity index (χ0) is 15.9. The van der Waals surface area contributed by atoms with Crippen molar-refractivity contribution in [2.45, 2.75) is 26.0 Å². The first-order valence-electron chi connectivity index (χ1n) is 7.06. The van der Waals surface area contributed by atoms with Crippen molar-refractivity contribution in [1.29, 1.82) is 0 Å². The molecular formula is C15H16N2O5. The van der Waals surface area contributed by atoms with Gasteiger partial charge in [0.25, 0.3) is 0 Å². The van der Waals surface area contributed by atoms with Crippen molar-refractivity contribution in [3.63, 3.8) is 0 Å². The second kappa shape index (κ2) is 5.32. The van der Waals surface area contributed by atoms with Gasteiger partial charge in [-0.15, -0.1) is 0 Å². The van der Waals surface area contributed by atoms with Gasteiger partial charge >= 0.3 is 17.8 Å². The summed E-state index contributed by atoms with van der Waals surface area (Å²) in [6.07, 6.45) is -0.497. The van der Waals surface area contributed by atoms with Gasteiger partial charge < -0.3 is 9.47 Å². The molecule has 22 heavy (non-hydrogen) atoms. The number of imide groups is 2. The van der Waals surface area contributed by atoms with E-state index in [4.69, 9.17) is 9.47 Å². The molecule has 0 N–H and O–H groups in total. The molecule has 0 saturated carbocycles. The largest absolute Gasteiger partial charge is 0.486 e. The second-order valence-electron chi connectivity index (χ2n) is 5.46. The van der Waals surface area contributed by atoms with Crippen molar-refractivity contribution < 1.29 is 23.9 Å². The third-order valence-electron chi connectivity index (χ3n) is 3.55. The topological polar surface area (TPSA) is 76.2 Å². The predicted molar refractivity (Wildman–Crippen MR) is 75.4 cm³/mol. The normalized spacial score (nSPS) is 21.0. The Bertz CT molecular complexity index is 643. The summed E-state index contributed by atoms with van der Waals surface area (Å²) < 4.78 is 11.3. The summed E-state index contributed by atoms with van der Waals surface area (Å²) in [4.78, 5) is 37.9. The Balaban J connectivity index is 1.73. The van der Waals surface area contributed by atoms with Gasteiger partial charge in [0.1, 0.15) is 6.61 Å². The van der Waals surface area contributed by atoms with Crippen molar-refractivity contribution in [2.24, 2.45) is 0 Å². The average molecular weight is 304 g/mol. The molecule has 0 aliphatic carbocycles. The molecule has 0 radical (unpaired) electrons. The summed E-state index contributed by atoms with van der Waals surface area (Å²) in [5.41, 5.74) is 0. The van der Waals surface area contributed by atoms with Crippen molar-refractivity contribution in [3.05, 3.63) is 24.3 Å². The molecule has 1 atom stereocenters. The van der Waals surface area contributed by atoms with E-state index in [-0.39, 0.29) is 19.2 Å². The van der Waals surface area contributed by atoms with Crippen LogP contribution in [0.4, 0.5) is 4.79 Å². The standard InChI is InChI=1S/C15H16N2O5/c1-9(2)17-14(19)13(18)16(15(17)20)7-10-8-21-11-5-3-4-6-12(11)22-10/h3-6,9-10H,7-8H2,1-2H3/t10-/m1/s1. The first kappa shape index (κ1) is 14.4. The van der Waals surface area contributed by atoms with Gasteiger partial charge in [-0.05, 0) is 26.0 Å². The Hall–Kier alpha value is -2.57. The lowest BCUT2D eigenvalue weighted by atomic mass is 10.2. The van der Waals surface area contributed by atoms with Gasteiger partial charge in [-0.25, -0.2) is 4.79 Å². The van der Waals surface area contributed by atoms with Crippen LogP contribution in [0.1, 0.15) is 13.8 Å². The minimum atomic E-state index is -0.818. The number of urea groups is 1. The van der Waals surface area contributed by atoms with Gasteiger partial charge in [-0.1, -0.05) is 12.1 Å². The number of nitrogens with zero attached hydrogens (tertiary/aromatic N) is 2. The molecule has 7 nitrogen and oxygen atoms in total. The smallest absolute Gasteiger partial charge is 0.334 e. The summed E-state index contributed by atoms with van der Waals surface area (Å²) in [6.45, 7) is 3.57. The van der Waals surface area contributed by atoms with E-state index in [0.717, 1.165) is 9.80 Å². The van der Waals surface area contributed by atoms with Gasteiger partial charge in [-0.2, -0.15) is 0 Å². The van der Waals surface area contributed by atoms with Gasteiger partial charge in [0.15, 0.2) is 17.6 Å². The van der Waals surface area contributed by atoms with Crippen LogP contribution in [0.25, 0.3) is 0 Å². The van der Waals surface area contributed by atoms with E-state index >= 15 is 0 Å². The predicted octanol–water partition coefficient (Wildman–Crippen LogP) is 1.03. The molecule has 2 aliphatic heterocycles. The minimum Gasteiger partial charge on any atom is -0.486 e. The summed E-state index contributed by atoms with van der Waals surface area (Å²) in [7, 11) is 0. The van der Waals surface area contributed by atoms with E-state index in [2.05, 4.69) is 0 Å². The zero-order valence-corrected chi connectivity index (χ0v) is 12.3. The Morgan fingerprint density at radius 3 is 2.45 bits per heavy atom. The van der Waals surface area contributed by atoms with Crippen LogP contribution in [0.5, 0.6) is 11.5 Å². The number of fused-ring (bicyclic) bond motifs is 1. The van der Waals surface area contributed by atoms with Crippen LogP contribution >= 0.6 is 0 Å². The van der Waals surface area contributed by atoms with Crippen molar-refractivity contribution in [3.8, 4) is 11.5 Å². The average Bonchev–Trinajstić information content (AvgIpc) is 2.71. The number of amides is 4. The zero-order valence-electron chi connectivity index (χ0n) is 12.3. The quantitative estimate of drug-likeness (QED) is 0.615. The molecule has 0 spiro atoms. The van der Waals surface area contributed by atoms with Crippen LogP contribution in [0.3, 0.4) is 0 Å². The molecule has 1 aromatic carbocycles. The SMILES string of the molecule is CC(C)N1C(=O)C(=O)N(C[C@@H]2COc3ccccc3O2)C1=O. The number of rotatable bonds is 3. The molecule has 1 aromatic rings. The minimum absolute atomic E-state index is 0.0129. The number of hydrogen-bond acceptors (Lipinski definition) is 5. The summed E-state index contributed by atoms with van der Waals surface area (Å²) in [6, 6.07) is 6.20. The first-order chi connectivity index (χ1) is 10.5. The number of carbonyl (C=O) groups excluding carboxylic acids is 3. The molecule has 116 valence electrons. The highest BCUT2D eigenvalue weighted by Gasteiger charge is 2.46. The van der Waals surface area contributed by atoms with Crippen molar-refractivity contribution >= 4 is 17.8 Å². The highest BCUT2D eigenvalue weighted by molar-refractivity contribution is 6.44. The highest BCUT2D eigenvalue weighted by atomic mass is 16.6. The van der Waals surface area contributed by atoms with E-state index in [0.29, 0.717) is 11.5 Å². The molecule has 2 heterocycles. The highest BCUT2D eigenvalue weighted by Crippen LogP contribution is 2.31. The van der Waals surface area contributed by atoms with Crippen LogP contribution in [0.2, 0.25) is 0 Å². The molecule has 2 aliphatic rings. The third-order valence-corrected chi connectivity index (χ3v) is 3.55. The maximum atomic E-state index is 12.2. The van der Waals surface area contributed by atoms with Gasteiger partial charge in [0.05, 0.1) is 6.54 Å². The van der Waals surface area contributed by atoms with Crippen LogP contribution < -0.4 is 9.47 Å². The fourth-order valence-corrected chi connectivity index (χ4v) is 2.50. The maximum absolute atomic E-state index is 12.2. The molecule has 1 fully saturated rings. The number of para-hydroxylation sites is 2. The van der Waals surface area contributed by atoms with Gasteiger partial charge in [0.2, 0.25) is 0 Å². The van der Waals surface area contributed by atoms with Crippen molar-refractivity contribution in [2.75, 3.05) is 13.2 Å². The Kier molecular flexibility index (Phi) is 3.48. The second-order valence-corrected chi connectivity index (χ2v) is 5.46. The molecule has 0 unspecified atom stereocenters. The lowest BCUT2D eigenvalue weighted by Gasteiger charge is -2.28. The number of carbonyl (C=O) groups is 3. The molecule has 1 saturated heterocycles. The van der Waals surface area contributed by atoms with Crippen LogP contribution in [-0.4, -0.2) is 52.9 Å². The Morgan fingerprint density at radius 1 is 1.14 bits per heavy atom. The molecule has 0 bridgehead atoms. The van der Waals surface area contributed by atoms with Crippen LogP contribution in [0, 0.1) is 0 Å². The lowest BCUT2D eigenvalue weighted by molar-refractivity contribution is -0.144. The fourth-order valence-electron chi connectivity index (χ4n) is 2.50. The molecular weight excluding hydrogens is 288 g/mol. The van der Waals surface area contributed by atoms with E-state index in [9.17, 15) is 14.4 Å². The van der Waals surface area contributed by atoms with Crippen LogP contribution in [-0.2, 0) is 9.59 Å². The van der Waals surface area contributed by atoms with E-state index in [1.54, 1.807) is 32.0 Å². The number of benzene rings is 1. The van der Waals surface area contributed by atoms with E-state index < -0.39 is 23.9 Å². The van der Waals surface area contributed by atoms with Gasteiger partial charge in [0, 0.05) is 6.04 Å². The van der Waals surface area contributed by atoms with Gasteiger partial charge in [-0.3, -0.25) is 19.4 Å². The van der Waals surface area contributed by atoms with Crippen molar-refractivity contribution in [1.82, 2.24) is 9.80 Å². The molecule has 4 amide bonds. The van der Waals surface area contributed by atoms with E-state index in [1.807, 2.05) is 6.07 Å². The Labute approximate surface area is 127 Å². The molecule has 0 aromatic heterocycles.